The number of H-pyrrole nitrogens is 1. The molecule has 0 radical (unpaired) electrons. The first kappa shape index (κ1) is 13.4. The van der Waals surface area contributed by atoms with Crippen LogP contribution in [0.15, 0.2) is 42.5 Å². The lowest BCUT2D eigenvalue weighted by atomic mass is 10.1. The molecule has 3 rings (SSSR count). The Kier molecular flexibility index (Phi) is 3.44. The van der Waals surface area contributed by atoms with E-state index in [1.54, 1.807) is 21.3 Å². The van der Waals surface area contributed by atoms with E-state index in [2.05, 4.69) is 11.1 Å². The van der Waals surface area contributed by atoms with Crippen molar-refractivity contribution in [3.63, 3.8) is 0 Å². The average molecular weight is 283 g/mol. The first-order valence-electron chi connectivity index (χ1n) is 6.64. The van der Waals surface area contributed by atoms with Crippen LogP contribution in [0.5, 0.6) is 17.2 Å². The number of rotatable bonds is 4. The molecule has 4 nitrogen and oxygen atoms in total. The summed E-state index contributed by atoms with van der Waals surface area (Å²) in [6.07, 6.45) is 0. The van der Waals surface area contributed by atoms with Crippen LogP contribution in [-0.2, 0) is 0 Å². The standard InChI is InChI=1S/C17H17NO3/c1-19-13-6-4-11(5-7-13)15-9-12-8-14(20-2)10-16(21-3)17(12)18-15/h4-10,18H,1-3H3. The average Bonchev–Trinajstić information content (AvgIpc) is 2.97. The lowest BCUT2D eigenvalue weighted by molar-refractivity contribution is 0.397. The van der Waals surface area contributed by atoms with Crippen LogP contribution in [0.3, 0.4) is 0 Å². The van der Waals surface area contributed by atoms with E-state index in [0.717, 1.165) is 39.4 Å². The minimum absolute atomic E-state index is 0.768. The van der Waals surface area contributed by atoms with Gasteiger partial charge in [0.15, 0.2) is 0 Å². The van der Waals surface area contributed by atoms with E-state index >= 15 is 0 Å². The fourth-order valence-corrected chi connectivity index (χ4v) is 2.39. The van der Waals surface area contributed by atoms with Crippen LogP contribution in [-0.4, -0.2) is 26.3 Å². The molecule has 0 saturated heterocycles. The Hall–Kier alpha value is -2.62. The van der Waals surface area contributed by atoms with Gasteiger partial charge in [-0.3, -0.25) is 0 Å². The zero-order chi connectivity index (χ0) is 14.8. The number of fused-ring (bicyclic) bond motifs is 1. The van der Waals surface area contributed by atoms with Crippen LogP contribution in [0.25, 0.3) is 22.2 Å². The maximum atomic E-state index is 5.42. The molecule has 1 aromatic heterocycles. The highest BCUT2D eigenvalue weighted by Gasteiger charge is 2.10. The molecule has 0 aliphatic carbocycles. The summed E-state index contributed by atoms with van der Waals surface area (Å²) in [5.41, 5.74) is 3.08. The van der Waals surface area contributed by atoms with Crippen molar-refractivity contribution in [3.8, 4) is 28.5 Å². The van der Waals surface area contributed by atoms with Gasteiger partial charge in [0.25, 0.3) is 0 Å². The molecule has 0 saturated carbocycles. The summed E-state index contributed by atoms with van der Waals surface area (Å²) in [7, 11) is 4.97. The molecule has 4 heteroatoms. The molecule has 1 N–H and O–H groups in total. The van der Waals surface area contributed by atoms with Crippen molar-refractivity contribution in [2.45, 2.75) is 0 Å². The molecule has 0 fully saturated rings. The summed E-state index contributed by atoms with van der Waals surface area (Å²) in [4.78, 5) is 3.40. The molecule has 0 spiro atoms. The number of benzene rings is 2. The van der Waals surface area contributed by atoms with Crippen molar-refractivity contribution in [3.05, 3.63) is 42.5 Å². The highest BCUT2D eigenvalue weighted by Crippen LogP contribution is 2.34. The molecule has 21 heavy (non-hydrogen) atoms. The minimum atomic E-state index is 0.768. The zero-order valence-corrected chi connectivity index (χ0v) is 12.3. The van der Waals surface area contributed by atoms with Crippen LogP contribution in [0, 0.1) is 0 Å². The summed E-state index contributed by atoms with van der Waals surface area (Å²) in [5, 5.41) is 1.05. The number of ether oxygens (including phenoxy) is 3. The van der Waals surface area contributed by atoms with Gasteiger partial charge in [0.05, 0.1) is 26.8 Å². The molecule has 108 valence electrons. The predicted molar refractivity (Wildman–Crippen MR) is 83.4 cm³/mol. The molecule has 2 aromatic carbocycles. The molecule has 0 aliphatic heterocycles. The first-order chi connectivity index (χ1) is 10.2. The SMILES string of the molecule is COc1ccc(-c2cc3cc(OC)cc(OC)c3[nH]2)cc1. The monoisotopic (exact) mass is 283 g/mol. The molecule has 3 aromatic rings. The summed E-state index contributed by atoms with van der Waals surface area (Å²) >= 11 is 0. The van der Waals surface area contributed by atoms with E-state index in [9.17, 15) is 0 Å². The van der Waals surface area contributed by atoms with Gasteiger partial charge in [-0.2, -0.15) is 0 Å². The molecule has 0 unspecified atom stereocenters. The third-order valence-electron chi connectivity index (χ3n) is 3.52. The van der Waals surface area contributed by atoms with Crippen molar-refractivity contribution in [2.75, 3.05) is 21.3 Å². The minimum Gasteiger partial charge on any atom is -0.497 e. The van der Waals surface area contributed by atoms with Crippen LogP contribution in [0.2, 0.25) is 0 Å². The molecular formula is C17H17NO3. The molecular weight excluding hydrogens is 266 g/mol. The Balaban J connectivity index is 2.11. The fourth-order valence-electron chi connectivity index (χ4n) is 2.39. The van der Waals surface area contributed by atoms with E-state index in [1.807, 2.05) is 36.4 Å². The van der Waals surface area contributed by atoms with E-state index in [-0.39, 0.29) is 0 Å². The fraction of sp³-hybridized carbons (Fsp3) is 0.176. The third-order valence-corrected chi connectivity index (χ3v) is 3.52. The van der Waals surface area contributed by atoms with Crippen LogP contribution in [0.1, 0.15) is 0 Å². The number of methoxy groups -OCH3 is 3. The number of hydrogen-bond donors (Lipinski definition) is 1. The number of aromatic amines is 1. The van der Waals surface area contributed by atoms with E-state index in [0.29, 0.717) is 0 Å². The van der Waals surface area contributed by atoms with Gasteiger partial charge in [-0.25, -0.2) is 0 Å². The first-order valence-corrected chi connectivity index (χ1v) is 6.64. The van der Waals surface area contributed by atoms with Crippen LogP contribution >= 0.6 is 0 Å². The Bertz CT molecular complexity index is 760. The van der Waals surface area contributed by atoms with Crippen molar-refractivity contribution in [1.29, 1.82) is 0 Å². The smallest absolute Gasteiger partial charge is 0.146 e. The number of aromatic nitrogens is 1. The second-order valence-electron chi connectivity index (χ2n) is 4.71. The summed E-state index contributed by atoms with van der Waals surface area (Å²) in [5.74, 6) is 2.39. The second kappa shape index (κ2) is 5.40. The molecule has 1 heterocycles. The van der Waals surface area contributed by atoms with Gasteiger partial charge in [-0.1, -0.05) is 0 Å². The van der Waals surface area contributed by atoms with Crippen molar-refractivity contribution >= 4 is 10.9 Å². The maximum Gasteiger partial charge on any atom is 0.146 e. The van der Waals surface area contributed by atoms with Gasteiger partial charge in [0, 0.05) is 17.1 Å². The van der Waals surface area contributed by atoms with E-state index in [4.69, 9.17) is 14.2 Å². The highest BCUT2D eigenvalue weighted by molar-refractivity contribution is 5.91. The van der Waals surface area contributed by atoms with Gasteiger partial charge in [0.1, 0.15) is 17.2 Å². The van der Waals surface area contributed by atoms with Crippen LogP contribution in [0.4, 0.5) is 0 Å². The normalized spacial score (nSPS) is 10.6. The lowest BCUT2D eigenvalue weighted by Gasteiger charge is -2.05. The largest absolute Gasteiger partial charge is 0.497 e. The Labute approximate surface area is 123 Å². The molecule has 0 amide bonds. The summed E-state index contributed by atoms with van der Waals surface area (Å²) in [6.45, 7) is 0. The van der Waals surface area contributed by atoms with E-state index in [1.165, 1.54) is 0 Å². The summed E-state index contributed by atoms with van der Waals surface area (Å²) < 4.78 is 15.9. The second-order valence-corrected chi connectivity index (χ2v) is 4.71. The van der Waals surface area contributed by atoms with E-state index < -0.39 is 0 Å². The van der Waals surface area contributed by atoms with Crippen LogP contribution < -0.4 is 14.2 Å². The Morgan fingerprint density at radius 3 is 2.10 bits per heavy atom. The number of hydrogen-bond acceptors (Lipinski definition) is 3. The molecule has 0 atom stereocenters. The molecule has 0 aliphatic rings. The lowest BCUT2D eigenvalue weighted by Crippen LogP contribution is -1.88. The Morgan fingerprint density at radius 1 is 0.762 bits per heavy atom. The Morgan fingerprint density at radius 2 is 1.48 bits per heavy atom. The molecule has 0 bridgehead atoms. The van der Waals surface area contributed by atoms with Gasteiger partial charge in [-0.15, -0.1) is 0 Å². The predicted octanol–water partition coefficient (Wildman–Crippen LogP) is 3.86. The number of nitrogens with one attached hydrogen (secondary N) is 1. The van der Waals surface area contributed by atoms with Gasteiger partial charge in [-0.05, 0) is 42.0 Å². The van der Waals surface area contributed by atoms with Gasteiger partial charge < -0.3 is 19.2 Å². The topological polar surface area (TPSA) is 43.5 Å². The summed E-state index contributed by atoms with van der Waals surface area (Å²) in [6, 6.07) is 13.9. The van der Waals surface area contributed by atoms with Gasteiger partial charge in [0.2, 0.25) is 0 Å². The quantitative estimate of drug-likeness (QED) is 0.790. The highest BCUT2D eigenvalue weighted by atomic mass is 16.5. The van der Waals surface area contributed by atoms with Crippen molar-refractivity contribution in [1.82, 2.24) is 4.98 Å². The zero-order valence-electron chi connectivity index (χ0n) is 12.3. The van der Waals surface area contributed by atoms with Crippen molar-refractivity contribution < 1.29 is 14.2 Å². The third kappa shape index (κ3) is 2.40. The van der Waals surface area contributed by atoms with Gasteiger partial charge >= 0.3 is 0 Å². The maximum absolute atomic E-state index is 5.42. The van der Waals surface area contributed by atoms with Crippen molar-refractivity contribution in [2.24, 2.45) is 0 Å².